The van der Waals surface area contributed by atoms with Crippen LogP contribution in [0, 0.1) is 17.3 Å². The molecule has 0 saturated carbocycles. The Morgan fingerprint density at radius 2 is 1.81 bits per heavy atom. The predicted molar refractivity (Wildman–Crippen MR) is 105 cm³/mol. The fourth-order valence-electron chi connectivity index (χ4n) is 3.42. The minimum Gasteiger partial charge on any atom is -0.494 e. The Balaban J connectivity index is 1.59. The first-order chi connectivity index (χ1) is 13.2. The molecule has 1 saturated heterocycles. The number of carbonyl (C=O) groups excluding carboxylic acids is 1. The maximum atomic E-state index is 12.5. The summed E-state index contributed by atoms with van der Waals surface area (Å²) in [6.07, 6.45) is 2.45. The number of carbonyl (C=O) groups is 1. The van der Waals surface area contributed by atoms with E-state index < -0.39 is 0 Å². The molecule has 1 heterocycles. The molecule has 1 amide bonds. The molecule has 1 N–H and O–H groups in total. The topological polar surface area (TPSA) is 49.8 Å². The van der Waals surface area contributed by atoms with Gasteiger partial charge in [-0.2, -0.15) is 0 Å². The highest BCUT2D eigenvalue weighted by atomic mass is 16.5. The van der Waals surface area contributed by atoms with Crippen LogP contribution in [0.2, 0.25) is 0 Å². The van der Waals surface area contributed by atoms with Crippen LogP contribution in [-0.2, 0) is 4.79 Å². The summed E-state index contributed by atoms with van der Waals surface area (Å²) in [7, 11) is 0. The van der Waals surface area contributed by atoms with E-state index >= 15 is 0 Å². The van der Waals surface area contributed by atoms with E-state index in [0.29, 0.717) is 26.1 Å². The van der Waals surface area contributed by atoms with Gasteiger partial charge in [0.15, 0.2) is 0 Å². The van der Waals surface area contributed by atoms with Crippen molar-refractivity contribution >= 4 is 5.91 Å². The van der Waals surface area contributed by atoms with Gasteiger partial charge in [0.2, 0.25) is 0 Å². The van der Waals surface area contributed by atoms with Crippen molar-refractivity contribution in [3.8, 4) is 17.6 Å². The molecule has 1 fully saturated rings. The first-order valence-corrected chi connectivity index (χ1v) is 9.35. The quantitative estimate of drug-likeness (QED) is 0.831. The highest BCUT2D eigenvalue weighted by molar-refractivity contribution is 5.94. The van der Waals surface area contributed by atoms with Crippen LogP contribution in [0.1, 0.15) is 24.8 Å². The number of ether oxygens (including phenoxy) is 1. The second kappa shape index (κ2) is 9.25. The Kier molecular flexibility index (Phi) is 6.51. The van der Waals surface area contributed by atoms with E-state index in [9.17, 15) is 9.90 Å². The third kappa shape index (κ3) is 5.35. The van der Waals surface area contributed by atoms with Crippen LogP contribution in [0.3, 0.4) is 0 Å². The molecule has 2 aromatic carbocycles. The van der Waals surface area contributed by atoms with E-state index in [4.69, 9.17) is 4.74 Å². The predicted octanol–water partition coefficient (Wildman–Crippen LogP) is 3.11. The third-order valence-electron chi connectivity index (χ3n) is 5.02. The molecule has 3 rings (SSSR count). The summed E-state index contributed by atoms with van der Waals surface area (Å²) in [5, 5.41) is 10.0. The van der Waals surface area contributed by atoms with Gasteiger partial charge in [-0.1, -0.05) is 42.3 Å². The van der Waals surface area contributed by atoms with Crippen molar-refractivity contribution in [2.45, 2.75) is 19.3 Å². The Morgan fingerprint density at radius 3 is 2.52 bits per heavy atom. The van der Waals surface area contributed by atoms with Gasteiger partial charge in [0.25, 0.3) is 5.91 Å². The van der Waals surface area contributed by atoms with Gasteiger partial charge in [-0.05, 0) is 43.5 Å². The summed E-state index contributed by atoms with van der Waals surface area (Å²) in [5.41, 5.74) is 0.504. The number of hydrogen-bond acceptors (Lipinski definition) is 3. The van der Waals surface area contributed by atoms with Gasteiger partial charge in [-0.25, -0.2) is 0 Å². The summed E-state index contributed by atoms with van der Waals surface area (Å²) < 4.78 is 5.79. The lowest BCUT2D eigenvalue weighted by Crippen LogP contribution is -2.48. The van der Waals surface area contributed by atoms with Gasteiger partial charge >= 0.3 is 0 Å². The first kappa shape index (κ1) is 19.0. The summed E-state index contributed by atoms with van der Waals surface area (Å²) >= 11 is 0. The van der Waals surface area contributed by atoms with Crippen LogP contribution in [0.25, 0.3) is 0 Å². The number of nitrogens with zero attached hydrogens (tertiary/aromatic N) is 1. The summed E-state index contributed by atoms with van der Waals surface area (Å²) in [5.74, 6) is 6.30. The monoisotopic (exact) mass is 363 g/mol. The number of para-hydroxylation sites is 1. The second-order valence-electron chi connectivity index (χ2n) is 7.02. The van der Waals surface area contributed by atoms with Gasteiger partial charge in [-0.15, -0.1) is 0 Å². The minimum atomic E-state index is -0.322. The van der Waals surface area contributed by atoms with Gasteiger partial charge in [0.1, 0.15) is 5.75 Å². The number of benzene rings is 2. The number of likely N-dealkylation sites (tertiary alicyclic amines) is 1. The largest absolute Gasteiger partial charge is 0.494 e. The highest BCUT2D eigenvalue weighted by Gasteiger charge is 2.36. The smallest absolute Gasteiger partial charge is 0.298 e. The van der Waals surface area contributed by atoms with Crippen molar-refractivity contribution in [2.75, 3.05) is 26.3 Å². The number of aliphatic hydroxyl groups excluding tert-OH is 1. The fourth-order valence-corrected chi connectivity index (χ4v) is 3.42. The number of aliphatic hydroxyl groups is 1. The lowest BCUT2D eigenvalue weighted by molar-refractivity contribution is -0.129. The lowest BCUT2D eigenvalue weighted by Gasteiger charge is -2.41. The Morgan fingerprint density at radius 1 is 1.11 bits per heavy atom. The van der Waals surface area contributed by atoms with E-state index in [0.717, 1.165) is 24.2 Å². The number of piperidine rings is 1. The molecular formula is C23H25NO3. The normalized spacial score (nSPS) is 19.1. The molecule has 0 aromatic heterocycles. The SMILES string of the molecule is O=C(C#Cc1ccccc1)N1CCCC(CO)(CCOc2ccccc2)C1. The van der Waals surface area contributed by atoms with E-state index in [1.54, 1.807) is 4.90 Å². The zero-order valence-electron chi connectivity index (χ0n) is 15.4. The van der Waals surface area contributed by atoms with E-state index in [2.05, 4.69) is 11.8 Å². The number of amides is 1. The summed E-state index contributed by atoms with van der Waals surface area (Å²) in [4.78, 5) is 14.3. The number of hydrogen-bond donors (Lipinski definition) is 1. The summed E-state index contributed by atoms with van der Waals surface area (Å²) in [6.45, 7) is 1.76. The molecule has 0 radical (unpaired) electrons. The van der Waals surface area contributed by atoms with Crippen LogP contribution in [-0.4, -0.2) is 42.2 Å². The molecule has 0 aliphatic carbocycles. The first-order valence-electron chi connectivity index (χ1n) is 9.35. The number of rotatable bonds is 5. The van der Waals surface area contributed by atoms with E-state index in [1.807, 2.05) is 60.7 Å². The van der Waals surface area contributed by atoms with Crippen LogP contribution < -0.4 is 4.74 Å². The lowest BCUT2D eigenvalue weighted by atomic mass is 9.78. The maximum absolute atomic E-state index is 12.5. The Bertz CT molecular complexity index is 795. The molecule has 4 nitrogen and oxygen atoms in total. The molecule has 0 bridgehead atoms. The standard InChI is InChI=1S/C23H25NO3/c25-19-23(15-17-27-21-10-5-2-6-11-21)14-7-16-24(18-23)22(26)13-12-20-8-3-1-4-9-20/h1-6,8-11,25H,7,14-19H2. The Labute approximate surface area is 160 Å². The molecule has 4 heteroatoms. The van der Waals surface area contributed by atoms with Gasteiger partial charge in [0.05, 0.1) is 13.2 Å². The average molecular weight is 363 g/mol. The van der Waals surface area contributed by atoms with Crippen LogP contribution in [0.4, 0.5) is 0 Å². The zero-order valence-corrected chi connectivity index (χ0v) is 15.4. The molecule has 0 spiro atoms. The minimum absolute atomic E-state index is 0.0427. The van der Waals surface area contributed by atoms with Crippen molar-refractivity contribution in [1.82, 2.24) is 4.90 Å². The Hall–Kier alpha value is -2.77. The average Bonchev–Trinajstić information content (AvgIpc) is 2.74. The van der Waals surface area contributed by atoms with Crippen molar-refractivity contribution in [3.05, 3.63) is 66.2 Å². The van der Waals surface area contributed by atoms with Gasteiger partial charge < -0.3 is 14.7 Å². The van der Waals surface area contributed by atoms with Crippen LogP contribution in [0.15, 0.2) is 60.7 Å². The van der Waals surface area contributed by atoms with Crippen molar-refractivity contribution in [3.63, 3.8) is 0 Å². The van der Waals surface area contributed by atoms with Crippen molar-refractivity contribution in [1.29, 1.82) is 0 Å². The molecule has 27 heavy (non-hydrogen) atoms. The molecule has 1 aliphatic rings. The molecular weight excluding hydrogens is 338 g/mol. The molecule has 2 aromatic rings. The van der Waals surface area contributed by atoms with Crippen molar-refractivity contribution < 1.29 is 14.6 Å². The van der Waals surface area contributed by atoms with Crippen LogP contribution in [0.5, 0.6) is 5.75 Å². The third-order valence-corrected chi connectivity index (χ3v) is 5.02. The zero-order chi connectivity index (χ0) is 19.0. The van der Waals surface area contributed by atoms with Gasteiger partial charge in [-0.3, -0.25) is 4.79 Å². The molecule has 140 valence electrons. The second-order valence-corrected chi connectivity index (χ2v) is 7.02. The van der Waals surface area contributed by atoms with Gasteiger partial charge in [0, 0.05) is 30.0 Å². The molecule has 1 atom stereocenters. The molecule has 1 unspecified atom stereocenters. The molecule has 1 aliphatic heterocycles. The highest BCUT2D eigenvalue weighted by Crippen LogP contribution is 2.33. The van der Waals surface area contributed by atoms with E-state index in [-0.39, 0.29) is 17.9 Å². The van der Waals surface area contributed by atoms with Crippen molar-refractivity contribution in [2.24, 2.45) is 5.41 Å². The maximum Gasteiger partial charge on any atom is 0.298 e. The fraction of sp³-hybridized carbons (Fsp3) is 0.348. The van der Waals surface area contributed by atoms with Crippen LogP contribution >= 0.6 is 0 Å². The summed E-state index contributed by atoms with van der Waals surface area (Å²) in [6, 6.07) is 19.1. The van der Waals surface area contributed by atoms with E-state index in [1.165, 1.54) is 0 Å².